The van der Waals surface area contributed by atoms with Crippen molar-refractivity contribution >= 4 is 12.0 Å². The fourth-order valence-electron chi connectivity index (χ4n) is 4.00. The van der Waals surface area contributed by atoms with E-state index in [1.54, 1.807) is 0 Å². The molecule has 1 aliphatic carbocycles. The normalized spacial score (nSPS) is 29.4. The number of nitrogens with one attached hydrogen (secondary N) is 1. The summed E-state index contributed by atoms with van der Waals surface area (Å²) in [5.74, 6) is 0.751. The molecule has 2 atom stereocenters. The van der Waals surface area contributed by atoms with Gasteiger partial charge < -0.3 is 15.0 Å². The molecule has 5 nitrogen and oxygen atoms in total. The van der Waals surface area contributed by atoms with Crippen molar-refractivity contribution in [3.8, 4) is 0 Å². The second kappa shape index (κ2) is 6.67. The molecule has 3 rings (SSSR count). The molecule has 1 saturated carbocycles. The topological polar surface area (TPSA) is 58.6 Å². The van der Waals surface area contributed by atoms with Gasteiger partial charge in [0.15, 0.2) is 0 Å². The van der Waals surface area contributed by atoms with Gasteiger partial charge in [-0.25, -0.2) is 4.79 Å². The summed E-state index contributed by atoms with van der Waals surface area (Å²) in [6, 6.07) is 0.199. The summed E-state index contributed by atoms with van der Waals surface area (Å²) in [5.41, 5.74) is 0. The van der Waals surface area contributed by atoms with Gasteiger partial charge in [0, 0.05) is 12.1 Å². The number of piperidine rings is 2. The van der Waals surface area contributed by atoms with Gasteiger partial charge in [0.2, 0.25) is 5.91 Å². The molecular weight excluding hydrogens is 268 g/mol. The third kappa shape index (κ3) is 3.16. The number of carbonyl (C=O) groups excluding carboxylic acids is 2. The van der Waals surface area contributed by atoms with Gasteiger partial charge in [0.25, 0.3) is 0 Å². The minimum atomic E-state index is -0.530. The van der Waals surface area contributed by atoms with Crippen molar-refractivity contribution in [2.45, 2.75) is 71.0 Å². The van der Waals surface area contributed by atoms with E-state index in [-0.39, 0.29) is 11.8 Å². The summed E-state index contributed by atoms with van der Waals surface area (Å²) >= 11 is 0. The van der Waals surface area contributed by atoms with E-state index >= 15 is 0 Å². The fourth-order valence-corrected chi connectivity index (χ4v) is 4.00. The van der Waals surface area contributed by atoms with Crippen LogP contribution in [0.15, 0.2) is 0 Å². The number of methoxy groups -OCH3 is 1. The van der Waals surface area contributed by atoms with Crippen LogP contribution in [0.4, 0.5) is 4.79 Å². The third-order valence-electron chi connectivity index (χ3n) is 5.10. The predicted octanol–water partition coefficient (Wildman–Crippen LogP) is 2.55. The van der Waals surface area contributed by atoms with Gasteiger partial charge in [-0.2, -0.15) is 0 Å². The maximum Gasteiger partial charge on any atom is 0.407 e. The number of ether oxygens (including phenoxy) is 1. The molecule has 0 radical (unpaired) electrons. The summed E-state index contributed by atoms with van der Waals surface area (Å²) in [7, 11) is 1.33. The van der Waals surface area contributed by atoms with Gasteiger partial charge in [0.1, 0.15) is 6.04 Å². The Bertz CT molecular complexity index is 389. The second-order valence-corrected chi connectivity index (χ2v) is 6.65. The zero-order valence-corrected chi connectivity index (χ0v) is 13.6. The van der Waals surface area contributed by atoms with Crippen LogP contribution in [-0.2, 0) is 9.53 Å². The molecule has 0 spiro atoms. The van der Waals surface area contributed by atoms with Crippen LogP contribution in [0.3, 0.4) is 0 Å². The van der Waals surface area contributed by atoms with E-state index in [1.165, 1.54) is 20.0 Å². The zero-order valence-electron chi connectivity index (χ0n) is 13.6. The van der Waals surface area contributed by atoms with Crippen LogP contribution < -0.4 is 5.32 Å². The van der Waals surface area contributed by atoms with Crippen molar-refractivity contribution in [3.63, 3.8) is 0 Å². The number of amides is 2. The molecule has 2 heterocycles. The molecule has 1 N–H and O–H groups in total. The summed E-state index contributed by atoms with van der Waals surface area (Å²) in [6.07, 6.45) is 5.16. The number of nitrogens with zero attached hydrogens (tertiary/aromatic N) is 1. The predicted molar refractivity (Wildman–Crippen MR) is 80.8 cm³/mol. The maximum atomic E-state index is 13.0. The van der Waals surface area contributed by atoms with Crippen LogP contribution in [0.25, 0.3) is 0 Å². The van der Waals surface area contributed by atoms with Gasteiger partial charge >= 0.3 is 6.09 Å². The average Bonchev–Trinajstić information content (AvgIpc) is 2.51. The standard InChI is InChI=1S/C16H28N2O3/c1-5-13-11-6-8-12(9-7-11)18(13)15(19)14(10(2)3)17-16(20)21-4/h10-14H,5-9H2,1-4H3,(H,17,20)/t11?,12?,13-,14+/m1/s1. The maximum absolute atomic E-state index is 13.0. The van der Waals surface area contributed by atoms with Crippen molar-refractivity contribution in [1.82, 2.24) is 10.2 Å². The van der Waals surface area contributed by atoms with Crippen molar-refractivity contribution in [2.24, 2.45) is 11.8 Å². The minimum absolute atomic E-state index is 0.0505. The van der Waals surface area contributed by atoms with Crippen molar-refractivity contribution < 1.29 is 14.3 Å². The molecular formula is C16H28N2O3. The summed E-state index contributed by atoms with van der Waals surface area (Å²) in [4.78, 5) is 26.6. The first-order chi connectivity index (χ1) is 9.99. The van der Waals surface area contributed by atoms with Crippen molar-refractivity contribution in [3.05, 3.63) is 0 Å². The first kappa shape index (κ1) is 16.1. The lowest BCUT2D eigenvalue weighted by Gasteiger charge is -2.52. The second-order valence-electron chi connectivity index (χ2n) is 6.65. The first-order valence-electron chi connectivity index (χ1n) is 8.16. The molecule has 2 saturated heterocycles. The first-order valence-corrected chi connectivity index (χ1v) is 8.16. The highest BCUT2D eigenvalue weighted by Crippen LogP contribution is 2.41. The highest BCUT2D eigenvalue weighted by atomic mass is 16.5. The quantitative estimate of drug-likeness (QED) is 0.867. The number of hydrogen-bond acceptors (Lipinski definition) is 3. The number of hydrogen-bond donors (Lipinski definition) is 1. The SMILES string of the molecule is CC[C@@H]1C2CCC(CC2)N1C(=O)[C@@H](NC(=O)OC)C(C)C. The lowest BCUT2D eigenvalue weighted by molar-refractivity contribution is -0.148. The Hall–Kier alpha value is -1.26. The van der Waals surface area contributed by atoms with E-state index in [1.807, 2.05) is 13.8 Å². The van der Waals surface area contributed by atoms with E-state index < -0.39 is 12.1 Å². The molecule has 5 heteroatoms. The van der Waals surface area contributed by atoms with Crippen molar-refractivity contribution in [2.75, 3.05) is 7.11 Å². The van der Waals surface area contributed by atoms with Crippen molar-refractivity contribution in [1.29, 1.82) is 0 Å². The molecule has 3 fully saturated rings. The van der Waals surface area contributed by atoms with Gasteiger partial charge in [-0.1, -0.05) is 20.8 Å². The van der Waals surface area contributed by atoms with Crippen LogP contribution in [0, 0.1) is 11.8 Å². The van der Waals surface area contributed by atoms with Crippen LogP contribution in [-0.4, -0.2) is 42.1 Å². The number of fused-ring (bicyclic) bond motifs is 3. The van der Waals surface area contributed by atoms with Gasteiger partial charge in [-0.15, -0.1) is 0 Å². The smallest absolute Gasteiger partial charge is 0.407 e. The summed E-state index contributed by atoms with van der Waals surface area (Å²) in [5, 5.41) is 2.71. The van der Waals surface area contributed by atoms with E-state index in [0.29, 0.717) is 18.0 Å². The minimum Gasteiger partial charge on any atom is -0.453 e. The van der Waals surface area contributed by atoms with E-state index in [9.17, 15) is 9.59 Å². The third-order valence-corrected chi connectivity index (χ3v) is 5.10. The number of alkyl carbamates (subject to hydrolysis) is 1. The molecule has 21 heavy (non-hydrogen) atoms. The Morgan fingerprint density at radius 1 is 1.24 bits per heavy atom. The molecule has 0 aromatic rings. The Balaban J connectivity index is 2.16. The summed E-state index contributed by atoms with van der Waals surface area (Å²) < 4.78 is 4.66. The van der Waals surface area contributed by atoms with Gasteiger partial charge in [-0.3, -0.25) is 4.79 Å². The molecule has 0 unspecified atom stereocenters. The Morgan fingerprint density at radius 2 is 1.86 bits per heavy atom. The fraction of sp³-hybridized carbons (Fsp3) is 0.875. The van der Waals surface area contributed by atoms with Crippen LogP contribution >= 0.6 is 0 Å². The molecule has 2 amide bonds. The zero-order chi connectivity index (χ0) is 15.6. The average molecular weight is 296 g/mol. The Kier molecular flexibility index (Phi) is 5.12. The van der Waals surface area contributed by atoms with E-state index in [2.05, 4.69) is 21.9 Å². The largest absolute Gasteiger partial charge is 0.453 e. The van der Waals surface area contributed by atoms with E-state index in [4.69, 9.17) is 0 Å². The number of carbonyl (C=O) groups is 2. The van der Waals surface area contributed by atoms with Gasteiger partial charge in [0.05, 0.1) is 7.11 Å². The molecule has 2 bridgehead atoms. The highest BCUT2D eigenvalue weighted by Gasteiger charge is 2.45. The lowest BCUT2D eigenvalue weighted by atomic mass is 9.73. The Labute approximate surface area is 127 Å². The van der Waals surface area contributed by atoms with Crippen LogP contribution in [0.5, 0.6) is 0 Å². The van der Waals surface area contributed by atoms with Crippen LogP contribution in [0.2, 0.25) is 0 Å². The van der Waals surface area contributed by atoms with Crippen LogP contribution in [0.1, 0.15) is 52.9 Å². The summed E-state index contributed by atoms with van der Waals surface area (Å²) in [6.45, 7) is 6.08. The highest BCUT2D eigenvalue weighted by molar-refractivity contribution is 5.86. The molecule has 0 aromatic carbocycles. The molecule has 0 aromatic heterocycles. The molecule has 3 aliphatic rings. The van der Waals surface area contributed by atoms with Gasteiger partial charge in [-0.05, 0) is 43.9 Å². The Morgan fingerprint density at radius 3 is 2.33 bits per heavy atom. The van der Waals surface area contributed by atoms with E-state index in [0.717, 1.165) is 19.3 Å². The monoisotopic (exact) mass is 296 g/mol. The number of rotatable bonds is 4. The lowest BCUT2D eigenvalue weighted by Crippen LogP contribution is -2.62. The molecule has 2 aliphatic heterocycles. The molecule has 120 valence electrons.